The number of hydrogen-bond acceptors (Lipinski definition) is 3. The van der Waals surface area contributed by atoms with Crippen molar-refractivity contribution in [3.8, 4) is 0 Å². The van der Waals surface area contributed by atoms with E-state index in [-0.39, 0.29) is 12.0 Å². The van der Waals surface area contributed by atoms with Gasteiger partial charge in [-0.25, -0.2) is 0 Å². The Balaban J connectivity index is 2.16. The van der Waals surface area contributed by atoms with Gasteiger partial charge >= 0.3 is 0 Å². The molecule has 3 heteroatoms. The summed E-state index contributed by atoms with van der Waals surface area (Å²) in [6.45, 7) is 2.36. The fourth-order valence-corrected chi connectivity index (χ4v) is 0.695. The second-order valence-corrected chi connectivity index (χ2v) is 2.41. The van der Waals surface area contributed by atoms with E-state index in [1.54, 1.807) is 6.92 Å². The number of aliphatic carboxylic acids is 1. The molecule has 52 valence electrons. The molecular formula is C6H9O3-. The zero-order valence-electron chi connectivity index (χ0n) is 5.29. The first-order valence-electron chi connectivity index (χ1n) is 3.02. The van der Waals surface area contributed by atoms with E-state index in [2.05, 4.69) is 0 Å². The van der Waals surface area contributed by atoms with E-state index in [4.69, 9.17) is 4.74 Å². The number of ether oxygens (including phenoxy) is 1. The second kappa shape index (κ2) is 2.35. The summed E-state index contributed by atoms with van der Waals surface area (Å²) >= 11 is 0. The SMILES string of the molecule is CC(CC1CO1)C(=O)[O-]. The van der Waals surface area contributed by atoms with Gasteiger partial charge in [-0.1, -0.05) is 6.92 Å². The lowest BCUT2D eigenvalue weighted by molar-refractivity contribution is -0.311. The standard InChI is InChI=1S/C6H10O3/c1-4(6(7)8)2-5-3-9-5/h4-5H,2-3H2,1H3,(H,7,8)/p-1. The fourth-order valence-electron chi connectivity index (χ4n) is 0.695. The van der Waals surface area contributed by atoms with Gasteiger partial charge in [0.15, 0.2) is 0 Å². The van der Waals surface area contributed by atoms with Crippen LogP contribution in [0.2, 0.25) is 0 Å². The van der Waals surface area contributed by atoms with Crippen molar-refractivity contribution in [1.82, 2.24) is 0 Å². The van der Waals surface area contributed by atoms with Crippen LogP contribution in [0.1, 0.15) is 13.3 Å². The van der Waals surface area contributed by atoms with E-state index >= 15 is 0 Å². The summed E-state index contributed by atoms with van der Waals surface area (Å²) < 4.78 is 4.84. The first-order valence-corrected chi connectivity index (χ1v) is 3.02. The quantitative estimate of drug-likeness (QED) is 0.467. The van der Waals surface area contributed by atoms with Gasteiger partial charge in [-0.2, -0.15) is 0 Å². The predicted molar refractivity (Wildman–Crippen MR) is 28.5 cm³/mol. The van der Waals surface area contributed by atoms with E-state index < -0.39 is 5.97 Å². The van der Waals surface area contributed by atoms with Crippen LogP contribution in [0.3, 0.4) is 0 Å². The summed E-state index contributed by atoms with van der Waals surface area (Å²) in [7, 11) is 0. The van der Waals surface area contributed by atoms with Crippen LogP contribution in [0.25, 0.3) is 0 Å². The molecule has 0 aliphatic carbocycles. The number of rotatable bonds is 3. The molecule has 0 spiro atoms. The van der Waals surface area contributed by atoms with Crippen molar-refractivity contribution < 1.29 is 14.6 Å². The van der Waals surface area contributed by atoms with Crippen molar-refractivity contribution >= 4 is 5.97 Å². The number of hydrogen-bond donors (Lipinski definition) is 0. The molecule has 0 aromatic rings. The van der Waals surface area contributed by atoms with Gasteiger partial charge in [0.2, 0.25) is 0 Å². The first-order chi connectivity index (χ1) is 4.20. The molecule has 0 aromatic carbocycles. The molecule has 0 N–H and O–H groups in total. The Morgan fingerprint density at radius 3 is 2.89 bits per heavy atom. The summed E-state index contributed by atoms with van der Waals surface area (Å²) in [6, 6.07) is 0. The van der Waals surface area contributed by atoms with Crippen LogP contribution in [0.5, 0.6) is 0 Å². The van der Waals surface area contributed by atoms with Gasteiger partial charge in [0, 0.05) is 5.97 Å². The molecule has 2 atom stereocenters. The minimum absolute atomic E-state index is 0.192. The van der Waals surface area contributed by atoms with Gasteiger partial charge in [0.25, 0.3) is 0 Å². The van der Waals surface area contributed by atoms with Crippen LogP contribution < -0.4 is 5.11 Å². The molecule has 0 radical (unpaired) electrons. The van der Waals surface area contributed by atoms with E-state index in [0.717, 1.165) is 6.61 Å². The third kappa shape index (κ3) is 2.01. The Morgan fingerprint density at radius 1 is 2.00 bits per heavy atom. The summed E-state index contributed by atoms with van der Waals surface area (Å²) in [5, 5.41) is 10.1. The zero-order chi connectivity index (χ0) is 6.85. The highest BCUT2D eigenvalue weighted by Crippen LogP contribution is 2.18. The minimum atomic E-state index is -0.981. The van der Waals surface area contributed by atoms with E-state index in [0.29, 0.717) is 6.42 Å². The molecule has 1 aliphatic rings. The van der Waals surface area contributed by atoms with Gasteiger partial charge < -0.3 is 14.6 Å². The van der Waals surface area contributed by atoms with Crippen molar-refractivity contribution in [2.75, 3.05) is 6.61 Å². The predicted octanol–water partition coefficient (Wildman–Crippen LogP) is -0.839. The maximum absolute atomic E-state index is 10.1. The van der Waals surface area contributed by atoms with Crippen molar-refractivity contribution in [2.24, 2.45) is 5.92 Å². The fraction of sp³-hybridized carbons (Fsp3) is 0.833. The Kier molecular flexibility index (Phi) is 1.71. The van der Waals surface area contributed by atoms with Crippen LogP contribution in [0.15, 0.2) is 0 Å². The van der Waals surface area contributed by atoms with Gasteiger partial charge in [0.05, 0.1) is 12.7 Å². The molecule has 1 rings (SSSR count). The zero-order valence-corrected chi connectivity index (χ0v) is 5.29. The van der Waals surface area contributed by atoms with Crippen molar-refractivity contribution in [3.05, 3.63) is 0 Å². The maximum atomic E-state index is 10.1. The first kappa shape index (κ1) is 6.55. The smallest absolute Gasteiger partial charge is 0.0816 e. The Labute approximate surface area is 53.6 Å². The highest BCUT2D eigenvalue weighted by atomic mass is 16.6. The Hall–Kier alpha value is -0.570. The molecule has 0 amide bonds. The largest absolute Gasteiger partial charge is 0.550 e. The number of epoxide rings is 1. The van der Waals surface area contributed by atoms with Crippen molar-refractivity contribution in [3.63, 3.8) is 0 Å². The van der Waals surface area contributed by atoms with Crippen LogP contribution >= 0.6 is 0 Å². The van der Waals surface area contributed by atoms with Gasteiger partial charge in [-0.3, -0.25) is 0 Å². The summed E-state index contributed by atoms with van der Waals surface area (Å²) in [4.78, 5) is 10.1. The molecule has 1 heterocycles. The lowest BCUT2D eigenvalue weighted by Crippen LogP contribution is -2.30. The molecule has 3 nitrogen and oxygen atoms in total. The summed E-state index contributed by atoms with van der Waals surface area (Å²) in [6.07, 6.45) is 0.792. The maximum Gasteiger partial charge on any atom is 0.0816 e. The van der Waals surface area contributed by atoms with E-state index in [1.807, 2.05) is 0 Å². The molecular weight excluding hydrogens is 120 g/mol. The lowest BCUT2D eigenvalue weighted by Gasteiger charge is -2.08. The van der Waals surface area contributed by atoms with Crippen LogP contribution in [0.4, 0.5) is 0 Å². The summed E-state index contributed by atoms with van der Waals surface area (Å²) in [5.74, 6) is -1.34. The highest BCUT2D eigenvalue weighted by Gasteiger charge is 2.24. The van der Waals surface area contributed by atoms with Crippen LogP contribution in [0, 0.1) is 5.92 Å². The summed E-state index contributed by atoms with van der Waals surface area (Å²) in [5.41, 5.74) is 0. The molecule has 1 aliphatic heterocycles. The molecule has 2 unspecified atom stereocenters. The van der Waals surface area contributed by atoms with Gasteiger partial charge in [-0.15, -0.1) is 0 Å². The molecule has 0 bridgehead atoms. The van der Waals surface area contributed by atoms with E-state index in [1.165, 1.54) is 0 Å². The van der Waals surface area contributed by atoms with Crippen molar-refractivity contribution in [2.45, 2.75) is 19.4 Å². The Morgan fingerprint density at radius 2 is 2.56 bits per heavy atom. The van der Waals surface area contributed by atoms with Gasteiger partial charge in [-0.05, 0) is 12.3 Å². The second-order valence-electron chi connectivity index (χ2n) is 2.41. The number of carbonyl (C=O) groups is 1. The topological polar surface area (TPSA) is 52.7 Å². The van der Waals surface area contributed by atoms with E-state index in [9.17, 15) is 9.90 Å². The minimum Gasteiger partial charge on any atom is -0.550 e. The lowest BCUT2D eigenvalue weighted by atomic mass is 10.1. The molecule has 0 aromatic heterocycles. The Bertz CT molecular complexity index is 117. The van der Waals surface area contributed by atoms with Crippen LogP contribution in [-0.4, -0.2) is 18.7 Å². The van der Waals surface area contributed by atoms with Crippen LogP contribution in [-0.2, 0) is 9.53 Å². The van der Waals surface area contributed by atoms with Gasteiger partial charge in [0.1, 0.15) is 0 Å². The molecule has 1 saturated heterocycles. The number of carbonyl (C=O) groups excluding carboxylic acids is 1. The third-order valence-electron chi connectivity index (χ3n) is 1.42. The molecule has 0 saturated carbocycles. The average Bonchev–Trinajstić information content (AvgIpc) is 2.50. The van der Waals surface area contributed by atoms with Crippen molar-refractivity contribution in [1.29, 1.82) is 0 Å². The number of carboxylic acid groups (broad SMARTS) is 1. The highest BCUT2D eigenvalue weighted by molar-refractivity contribution is 5.67. The molecule has 1 fully saturated rings. The number of carboxylic acids is 1. The average molecular weight is 129 g/mol. The normalized spacial score (nSPS) is 27.4. The third-order valence-corrected chi connectivity index (χ3v) is 1.42. The monoisotopic (exact) mass is 129 g/mol. The molecule has 9 heavy (non-hydrogen) atoms.